The third-order valence-corrected chi connectivity index (χ3v) is 4.47. The fourth-order valence-electron chi connectivity index (χ4n) is 2.03. The lowest BCUT2D eigenvalue weighted by molar-refractivity contribution is -0.123. The van der Waals surface area contributed by atoms with E-state index >= 15 is 0 Å². The smallest absolute Gasteiger partial charge is 0.339 e. The number of nitrogens with one attached hydrogen (secondary N) is 2. The predicted octanol–water partition coefficient (Wildman–Crippen LogP) is 3.01. The summed E-state index contributed by atoms with van der Waals surface area (Å²) in [5.41, 5.74) is 0.110. The number of ether oxygens (including phenoxy) is 1. The van der Waals surface area contributed by atoms with Gasteiger partial charge in [-0.05, 0) is 31.2 Å². The Hall–Kier alpha value is -3.20. The number of thioether (sulfide) groups is 1. The lowest BCUT2D eigenvalue weighted by Gasteiger charge is -2.10. The van der Waals surface area contributed by atoms with Crippen LogP contribution in [0.15, 0.2) is 53.4 Å². The molecule has 0 aromatic heterocycles. The van der Waals surface area contributed by atoms with E-state index < -0.39 is 30.3 Å². The van der Waals surface area contributed by atoms with Gasteiger partial charge in [0.15, 0.2) is 6.61 Å². The Morgan fingerprint density at radius 3 is 2.43 bits per heavy atom. The van der Waals surface area contributed by atoms with Crippen LogP contribution in [0.1, 0.15) is 17.3 Å². The Kier molecular flexibility index (Phi) is 7.70. The van der Waals surface area contributed by atoms with Gasteiger partial charge >= 0.3 is 12.0 Å². The van der Waals surface area contributed by atoms with Gasteiger partial charge in [-0.3, -0.25) is 14.9 Å². The second-order valence-corrected chi connectivity index (χ2v) is 6.56. The number of carbonyl (C=O) groups excluding carboxylic acids is 4. The topological polar surface area (TPSA) is 102 Å². The number of rotatable bonds is 7. The van der Waals surface area contributed by atoms with Crippen LogP contribution in [0.25, 0.3) is 0 Å². The molecule has 0 spiro atoms. The average molecular weight is 404 g/mol. The quantitative estimate of drug-likeness (QED) is 0.543. The normalized spacial score (nSPS) is 10.1. The van der Waals surface area contributed by atoms with Crippen molar-refractivity contribution in [1.29, 1.82) is 0 Å². The molecule has 0 fully saturated rings. The first-order valence-electron chi connectivity index (χ1n) is 8.10. The summed E-state index contributed by atoms with van der Waals surface area (Å²) in [5.74, 6) is -2.15. The van der Waals surface area contributed by atoms with Crippen molar-refractivity contribution in [2.45, 2.75) is 11.8 Å². The van der Waals surface area contributed by atoms with Crippen molar-refractivity contribution in [3.63, 3.8) is 0 Å². The first kappa shape index (κ1) is 21.1. The Morgan fingerprint density at radius 1 is 1.04 bits per heavy atom. The fourth-order valence-corrected chi connectivity index (χ4v) is 2.87. The van der Waals surface area contributed by atoms with Crippen LogP contribution >= 0.6 is 11.8 Å². The number of benzene rings is 2. The summed E-state index contributed by atoms with van der Waals surface area (Å²) in [7, 11) is 0. The van der Waals surface area contributed by atoms with Crippen molar-refractivity contribution in [2.24, 2.45) is 0 Å². The molecule has 0 bridgehead atoms. The molecule has 0 heterocycles. The molecule has 0 unspecified atom stereocenters. The lowest BCUT2D eigenvalue weighted by Crippen LogP contribution is -2.37. The Morgan fingerprint density at radius 2 is 1.71 bits per heavy atom. The van der Waals surface area contributed by atoms with E-state index in [0.717, 1.165) is 6.07 Å². The molecule has 2 aromatic carbocycles. The van der Waals surface area contributed by atoms with Crippen LogP contribution in [-0.4, -0.2) is 36.1 Å². The molecule has 0 saturated heterocycles. The second kappa shape index (κ2) is 10.2. The Bertz CT molecular complexity index is 903. The summed E-state index contributed by atoms with van der Waals surface area (Å²) in [6.07, 6.45) is 0. The molecular weight excluding hydrogens is 387 g/mol. The second-order valence-electron chi connectivity index (χ2n) is 5.55. The van der Waals surface area contributed by atoms with Crippen molar-refractivity contribution >= 4 is 41.1 Å². The summed E-state index contributed by atoms with van der Waals surface area (Å²) >= 11 is 1.18. The van der Waals surface area contributed by atoms with E-state index in [2.05, 4.69) is 5.32 Å². The van der Waals surface area contributed by atoms with E-state index in [9.17, 15) is 23.6 Å². The van der Waals surface area contributed by atoms with E-state index in [0.29, 0.717) is 4.90 Å². The third-order valence-electron chi connectivity index (χ3n) is 3.25. The predicted molar refractivity (Wildman–Crippen MR) is 102 cm³/mol. The zero-order valence-electron chi connectivity index (χ0n) is 14.9. The minimum Gasteiger partial charge on any atom is -0.452 e. The molecule has 146 valence electrons. The van der Waals surface area contributed by atoms with Gasteiger partial charge in [-0.15, -0.1) is 11.8 Å². The monoisotopic (exact) mass is 404 g/mol. The number of imide groups is 1. The number of carbonyl (C=O) groups is 4. The Labute approximate surface area is 164 Å². The number of Topliss-reactive ketones (excluding diaryl/α,β-unsaturated/α-hetero) is 1. The van der Waals surface area contributed by atoms with E-state index in [-0.39, 0.29) is 22.8 Å². The van der Waals surface area contributed by atoms with Gasteiger partial charge in [-0.25, -0.2) is 14.0 Å². The summed E-state index contributed by atoms with van der Waals surface area (Å²) in [6.45, 7) is 0.736. The average Bonchev–Trinajstić information content (AvgIpc) is 2.66. The molecule has 0 aliphatic carbocycles. The van der Waals surface area contributed by atoms with Crippen molar-refractivity contribution in [1.82, 2.24) is 5.32 Å². The highest BCUT2D eigenvalue weighted by Crippen LogP contribution is 2.23. The zero-order chi connectivity index (χ0) is 20.5. The van der Waals surface area contributed by atoms with Gasteiger partial charge < -0.3 is 10.1 Å². The van der Waals surface area contributed by atoms with Gasteiger partial charge in [0.1, 0.15) is 11.6 Å². The number of hydrogen-bond acceptors (Lipinski definition) is 6. The lowest BCUT2D eigenvalue weighted by atomic mass is 10.2. The number of amides is 3. The third kappa shape index (κ3) is 6.51. The minimum absolute atomic E-state index is 0.0478. The number of urea groups is 1. The molecule has 0 saturated carbocycles. The largest absolute Gasteiger partial charge is 0.452 e. The maximum absolute atomic E-state index is 13.5. The number of hydrogen-bond donors (Lipinski definition) is 2. The van der Waals surface area contributed by atoms with Crippen LogP contribution in [0.2, 0.25) is 0 Å². The molecule has 3 amide bonds. The number of halogens is 1. The number of esters is 1. The first-order valence-corrected chi connectivity index (χ1v) is 9.09. The van der Waals surface area contributed by atoms with Gasteiger partial charge in [0.2, 0.25) is 0 Å². The van der Waals surface area contributed by atoms with Crippen LogP contribution in [0.5, 0.6) is 0 Å². The molecule has 28 heavy (non-hydrogen) atoms. The van der Waals surface area contributed by atoms with Gasteiger partial charge in [0.25, 0.3) is 5.91 Å². The van der Waals surface area contributed by atoms with E-state index in [1.807, 2.05) is 5.32 Å². The SMILES string of the molecule is CC(=O)CSc1ccccc1C(=O)OCC(=O)NC(=O)Nc1ccccc1F. The van der Waals surface area contributed by atoms with Gasteiger partial charge in [-0.1, -0.05) is 24.3 Å². The molecule has 2 rings (SSSR count). The zero-order valence-corrected chi connectivity index (χ0v) is 15.7. The van der Waals surface area contributed by atoms with Gasteiger partial charge in [-0.2, -0.15) is 0 Å². The first-order chi connectivity index (χ1) is 13.4. The standard InChI is InChI=1S/C19H17FN2O5S/c1-12(23)11-28-16-9-5-2-6-13(16)18(25)27-10-17(24)22-19(26)21-15-8-4-3-7-14(15)20/h2-9H,10-11H2,1H3,(H2,21,22,24,26). The molecule has 2 aromatic rings. The van der Waals surface area contributed by atoms with Crippen molar-refractivity contribution < 1.29 is 28.3 Å². The molecule has 2 N–H and O–H groups in total. The van der Waals surface area contributed by atoms with Crippen LogP contribution in [0.3, 0.4) is 0 Å². The Balaban J connectivity index is 1.87. The number of anilines is 1. The van der Waals surface area contributed by atoms with Crippen LogP contribution in [0, 0.1) is 5.82 Å². The van der Waals surface area contributed by atoms with Gasteiger partial charge in [0, 0.05) is 4.90 Å². The molecule has 0 aliphatic heterocycles. The van der Waals surface area contributed by atoms with Gasteiger partial charge in [0.05, 0.1) is 17.0 Å². The fraction of sp³-hybridized carbons (Fsp3) is 0.158. The van der Waals surface area contributed by atoms with Crippen LogP contribution < -0.4 is 10.6 Å². The van der Waals surface area contributed by atoms with Crippen LogP contribution in [0.4, 0.5) is 14.9 Å². The summed E-state index contributed by atoms with van der Waals surface area (Å²) in [4.78, 5) is 47.3. The number of ketones is 1. The molecule has 0 aliphatic rings. The van der Waals surface area contributed by atoms with Crippen LogP contribution in [-0.2, 0) is 14.3 Å². The molecular formula is C19H17FN2O5S. The van der Waals surface area contributed by atoms with Crippen molar-refractivity contribution in [3.05, 3.63) is 59.9 Å². The minimum atomic E-state index is -0.955. The molecule has 7 nitrogen and oxygen atoms in total. The highest BCUT2D eigenvalue weighted by Gasteiger charge is 2.16. The summed E-state index contributed by atoms with van der Waals surface area (Å²) < 4.78 is 18.4. The maximum atomic E-state index is 13.5. The molecule has 0 atom stereocenters. The molecule has 0 radical (unpaired) electrons. The summed E-state index contributed by atoms with van der Waals surface area (Å²) in [5, 5.41) is 4.11. The van der Waals surface area contributed by atoms with Crippen molar-refractivity contribution in [3.8, 4) is 0 Å². The maximum Gasteiger partial charge on any atom is 0.339 e. The molecule has 9 heteroatoms. The van der Waals surface area contributed by atoms with E-state index in [4.69, 9.17) is 4.74 Å². The van der Waals surface area contributed by atoms with E-state index in [1.54, 1.807) is 18.2 Å². The summed E-state index contributed by atoms with van der Waals surface area (Å²) in [6, 6.07) is 11.0. The highest BCUT2D eigenvalue weighted by molar-refractivity contribution is 8.00. The van der Waals surface area contributed by atoms with Crippen molar-refractivity contribution in [2.75, 3.05) is 17.7 Å². The highest BCUT2D eigenvalue weighted by atomic mass is 32.2. The van der Waals surface area contributed by atoms with E-state index in [1.165, 1.54) is 43.0 Å². The number of para-hydroxylation sites is 1.